The average Bonchev–Trinajstić information content (AvgIpc) is 2.92. The summed E-state index contributed by atoms with van der Waals surface area (Å²) in [6.07, 6.45) is 2.99. The first-order chi connectivity index (χ1) is 19.7. The number of aliphatic carboxylic acids is 1. The number of hydrogen-bond donors (Lipinski definition) is 10. The van der Waals surface area contributed by atoms with E-state index in [9.17, 15) is 18.0 Å². The van der Waals surface area contributed by atoms with Gasteiger partial charge in [0.2, 0.25) is 5.91 Å². The molecule has 1 atom stereocenters. The van der Waals surface area contributed by atoms with E-state index in [1.165, 1.54) is 32.1 Å². The van der Waals surface area contributed by atoms with Crippen LogP contribution in [0, 0.1) is 0 Å². The predicted molar refractivity (Wildman–Crippen MR) is 157 cm³/mol. The maximum absolute atomic E-state index is 11.7. The lowest BCUT2D eigenvalue weighted by Crippen LogP contribution is -2.44. The second kappa shape index (κ2) is 28.5. The van der Waals surface area contributed by atoms with E-state index in [2.05, 4.69) is 42.5 Å². The molecule has 0 spiro atoms. The summed E-state index contributed by atoms with van der Waals surface area (Å²) in [5, 5.41) is 34.6. The molecule has 1 unspecified atom stereocenters. The maximum atomic E-state index is 11.7. The quantitative estimate of drug-likeness (QED) is 0.178. The van der Waals surface area contributed by atoms with Crippen molar-refractivity contribution < 1.29 is 27.9 Å². The maximum Gasteiger partial charge on any atom is 0.490 e. The first kappa shape index (κ1) is 39.4. The lowest BCUT2D eigenvalue weighted by Gasteiger charge is -2.15. The number of hydrogen-bond acceptors (Lipinski definition) is 10. The van der Waals surface area contributed by atoms with Crippen molar-refractivity contribution in [1.29, 1.82) is 0 Å². The van der Waals surface area contributed by atoms with Gasteiger partial charge in [-0.2, -0.15) is 13.2 Å². The first-order valence-corrected chi connectivity index (χ1v) is 15.0. The predicted octanol–water partition coefficient (Wildman–Crippen LogP) is -1.07. The number of rotatable bonds is 1. The highest BCUT2D eigenvalue weighted by Gasteiger charge is 2.38. The van der Waals surface area contributed by atoms with Gasteiger partial charge in [0, 0.05) is 91.6 Å². The van der Waals surface area contributed by atoms with E-state index in [-0.39, 0.29) is 11.9 Å². The van der Waals surface area contributed by atoms with Gasteiger partial charge in [0.25, 0.3) is 0 Å². The Morgan fingerprint density at radius 1 is 0.537 bits per heavy atom. The van der Waals surface area contributed by atoms with Crippen LogP contribution < -0.4 is 48.3 Å². The summed E-state index contributed by atoms with van der Waals surface area (Å²) < 4.78 is 31.7. The minimum absolute atomic E-state index is 0.210. The van der Waals surface area contributed by atoms with Gasteiger partial charge in [0.15, 0.2) is 0 Å². The van der Waals surface area contributed by atoms with Gasteiger partial charge in [-0.05, 0) is 19.4 Å². The van der Waals surface area contributed by atoms with Crippen LogP contribution in [0.25, 0.3) is 0 Å². The number of nitrogens with two attached hydrogens (primary N) is 1. The van der Waals surface area contributed by atoms with Crippen molar-refractivity contribution in [3.8, 4) is 0 Å². The van der Waals surface area contributed by atoms with Crippen molar-refractivity contribution >= 4 is 11.9 Å². The number of carbonyl (C=O) groups is 2. The molecule has 12 nitrogen and oxygen atoms in total. The minimum Gasteiger partial charge on any atom is -0.475 e. The highest BCUT2D eigenvalue weighted by Crippen LogP contribution is 2.13. The van der Waals surface area contributed by atoms with Crippen LogP contribution >= 0.6 is 0 Å². The normalized spacial score (nSPS) is 22.7. The lowest BCUT2D eigenvalue weighted by atomic mass is 10.1. The molecule has 15 heteroatoms. The fourth-order valence-electron chi connectivity index (χ4n) is 3.92. The van der Waals surface area contributed by atoms with E-state index in [1.807, 2.05) is 0 Å². The molecule has 1 rings (SSSR count). The van der Waals surface area contributed by atoms with Crippen molar-refractivity contribution in [2.75, 3.05) is 98.2 Å². The summed E-state index contributed by atoms with van der Waals surface area (Å²) >= 11 is 0. The van der Waals surface area contributed by atoms with Gasteiger partial charge in [-0.3, -0.25) is 4.79 Å². The van der Waals surface area contributed by atoms with E-state index in [0.29, 0.717) is 0 Å². The lowest BCUT2D eigenvalue weighted by molar-refractivity contribution is -0.192. The zero-order valence-corrected chi connectivity index (χ0v) is 24.6. The molecule has 0 bridgehead atoms. The molecule has 0 aromatic rings. The van der Waals surface area contributed by atoms with Crippen molar-refractivity contribution in [3.63, 3.8) is 0 Å². The van der Waals surface area contributed by atoms with Crippen molar-refractivity contribution in [2.24, 2.45) is 5.73 Å². The fraction of sp³-hybridized carbons (Fsp3) is 0.923. The van der Waals surface area contributed by atoms with Crippen LogP contribution in [0.1, 0.15) is 44.9 Å². The molecule has 11 N–H and O–H groups in total. The average molecular weight is 600 g/mol. The summed E-state index contributed by atoms with van der Waals surface area (Å²) in [7, 11) is 0. The van der Waals surface area contributed by atoms with Crippen molar-refractivity contribution in [3.05, 3.63) is 0 Å². The van der Waals surface area contributed by atoms with Gasteiger partial charge in [-0.1, -0.05) is 32.1 Å². The third-order valence-corrected chi connectivity index (χ3v) is 6.25. The Morgan fingerprint density at radius 2 is 0.829 bits per heavy atom. The molecule has 1 fully saturated rings. The molecule has 1 amide bonds. The van der Waals surface area contributed by atoms with E-state index in [4.69, 9.17) is 15.6 Å². The molecule has 1 aliphatic heterocycles. The monoisotopic (exact) mass is 599 g/mol. The zero-order valence-electron chi connectivity index (χ0n) is 24.6. The zero-order chi connectivity index (χ0) is 30.4. The van der Waals surface area contributed by atoms with Crippen LogP contribution in [0.2, 0.25) is 0 Å². The van der Waals surface area contributed by atoms with Crippen LogP contribution in [-0.2, 0) is 9.59 Å². The summed E-state index contributed by atoms with van der Waals surface area (Å²) in [5.41, 5.74) is 5.58. The number of carboxylic acids is 1. The second-order valence-electron chi connectivity index (χ2n) is 9.87. The molecule has 1 saturated heterocycles. The van der Waals surface area contributed by atoms with Crippen molar-refractivity contribution in [1.82, 2.24) is 42.5 Å². The van der Waals surface area contributed by atoms with E-state index < -0.39 is 12.1 Å². The molecule has 244 valence electrons. The van der Waals surface area contributed by atoms with Gasteiger partial charge < -0.3 is 53.4 Å². The number of alkyl halides is 3. The standard InChI is InChI=1S/C24H55N9O.C2HF3O2/c25-24(34)23-7-5-3-1-2-4-6-8-26-9-10-27-11-12-28-13-14-29-15-16-30-17-18-31-19-20-32-21-22-33-23;3-2(4,5)1(6)7/h23,26-33H,1-22H2,(H2,25,34);(H,6,7). The Labute approximate surface area is 243 Å². The Bertz CT molecular complexity index is 588. The number of carbonyl (C=O) groups excluding carboxylic acids is 1. The molecule has 0 saturated carbocycles. The van der Waals surface area contributed by atoms with Crippen LogP contribution in [0.3, 0.4) is 0 Å². The van der Waals surface area contributed by atoms with Crippen LogP contribution in [0.15, 0.2) is 0 Å². The third-order valence-electron chi connectivity index (χ3n) is 6.25. The van der Waals surface area contributed by atoms with Gasteiger partial charge in [0.1, 0.15) is 0 Å². The van der Waals surface area contributed by atoms with Crippen LogP contribution in [0.5, 0.6) is 0 Å². The molecule has 0 aromatic heterocycles. The Hall–Kier alpha value is -1.59. The Balaban J connectivity index is 0.00000201. The SMILES string of the molecule is NC(=O)C1CCCCCCCCNCCNCCNCCNCCNCCNCCNCCN1.O=C(O)C(F)(F)F. The second-order valence-corrected chi connectivity index (χ2v) is 9.87. The number of carboxylic acid groups (broad SMARTS) is 1. The molecule has 41 heavy (non-hydrogen) atoms. The summed E-state index contributed by atoms with van der Waals surface area (Å²) in [6, 6.07) is -0.210. The van der Waals surface area contributed by atoms with E-state index >= 15 is 0 Å². The van der Waals surface area contributed by atoms with Gasteiger partial charge in [0.05, 0.1) is 6.04 Å². The minimum atomic E-state index is -5.08. The fourth-order valence-corrected chi connectivity index (χ4v) is 3.92. The Kier molecular flexibility index (Phi) is 27.4. The van der Waals surface area contributed by atoms with Gasteiger partial charge >= 0.3 is 12.1 Å². The van der Waals surface area contributed by atoms with Gasteiger partial charge in [-0.15, -0.1) is 0 Å². The van der Waals surface area contributed by atoms with Crippen LogP contribution in [-0.4, -0.2) is 127 Å². The van der Waals surface area contributed by atoms with Crippen molar-refractivity contribution in [2.45, 2.75) is 57.2 Å². The molecule has 1 aliphatic rings. The number of amides is 1. The number of nitrogens with one attached hydrogen (secondary N) is 8. The Morgan fingerprint density at radius 3 is 1.17 bits per heavy atom. The topological polar surface area (TPSA) is 177 Å². The molecule has 0 aliphatic carbocycles. The summed E-state index contributed by atoms with van der Waals surface area (Å²) in [5.74, 6) is -2.99. The molecular formula is C26H56F3N9O3. The summed E-state index contributed by atoms with van der Waals surface area (Å²) in [4.78, 5) is 20.6. The summed E-state index contributed by atoms with van der Waals surface area (Å²) in [6.45, 7) is 14.6. The number of primary amides is 1. The highest BCUT2D eigenvalue weighted by molar-refractivity contribution is 5.79. The molecule has 0 aromatic carbocycles. The largest absolute Gasteiger partial charge is 0.490 e. The third kappa shape index (κ3) is 29.7. The molecular weight excluding hydrogens is 543 g/mol. The molecule has 0 radical (unpaired) electrons. The van der Waals surface area contributed by atoms with Gasteiger partial charge in [-0.25, -0.2) is 4.79 Å². The number of halogens is 3. The van der Waals surface area contributed by atoms with Crippen LogP contribution in [0.4, 0.5) is 13.2 Å². The highest BCUT2D eigenvalue weighted by atomic mass is 19.4. The van der Waals surface area contributed by atoms with E-state index in [0.717, 1.165) is 111 Å². The smallest absolute Gasteiger partial charge is 0.475 e. The van der Waals surface area contributed by atoms with E-state index in [1.54, 1.807) is 0 Å². The first-order valence-electron chi connectivity index (χ1n) is 15.0. The molecule has 1 heterocycles.